The average Bonchev–Trinajstić information content (AvgIpc) is 2.79. The lowest BCUT2D eigenvalue weighted by Gasteiger charge is -2.17. The number of rotatable bonds is 11. The molecule has 0 spiro atoms. The highest BCUT2D eigenvalue weighted by Gasteiger charge is 2.14. The molecule has 0 saturated heterocycles. The lowest BCUT2D eigenvalue weighted by molar-refractivity contribution is -0.898. The van der Waals surface area contributed by atoms with Crippen LogP contribution in [0.3, 0.4) is 0 Å². The number of quaternary nitrogens is 1. The van der Waals surface area contributed by atoms with Crippen LogP contribution < -0.4 is 10.2 Å². The van der Waals surface area contributed by atoms with Gasteiger partial charge >= 0.3 is 0 Å². The first kappa shape index (κ1) is 23.6. The zero-order chi connectivity index (χ0) is 22.1. The van der Waals surface area contributed by atoms with Gasteiger partial charge < -0.3 is 10.2 Å². The highest BCUT2D eigenvalue weighted by atomic mass is 35.5. The monoisotopic (exact) mass is 456 g/mol. The number of carbonyl (C=O) groups is 1. The van der Waals surface area contributed by atoms with Crippen molar-refractivity contribution in [3.63, 3.8) is 0 Å². The first-order valence-corrected chi connectivity index (χ1v) is 12.2. The van der Waals surface area contributed by atoms with Gasteiger partial charge in [0.05, 0.1) is 30.7 Å². The van der Waals surface area contributed by atoms with Crippen molar-refractivity contribution in [2.24, 2.45) is 0 Å². The molecule has 1 heterocycles. The number of nitrogens with one attached hydrogen (secondary N) is 2. The van der Waals surface area contributed by atoms with Gasteiger partial charge in [0.15, 0.2) is 0 Å². The van der Waals surface area contributed by atoms with Crippen LogP contribution in [0.25, 0.3) is 10.9 Å². The van der Waals surface area contributed by atoms with Crippen LogP contribution in [0.4, 0.5) is 0 Å². The van der Waals surface area contributed by atoms with Crippen LogP contribution in [-0.4, -0.2) is 37.1 Å². The van der Waals surface area contributed by atoms with Crippen LogP contribution in [-0.2, 0) is 0 Å². The highest BCUT2D eigenvalue weighted by molar-refractivity contribution is 7.99. The zero-order valence-electron chi connectivity index (χ0n) is 18.3. The van der Waals surface area contributed by atoms with Crippen molar-refractivity contribution in [3.8, 4) is 0 Å². The largest absolute Gasteiger partial charge is 0.352 e. The molecule has 0 aliphatic heterocycles. The predicted octanol–water partition coefficient (Wildman–Crippen LogP) is 4.86. The normalized spacial score (nSPS) is 12.1. The Labute approximate surface area is 194 Å². The fraction of sp³-hybridized carbons (Fsp3) is 0.360. The van der Waals surface area contributed by atoms with E-state index in [1.54, 1.807) is 4.90 Å². The molecule has 164 valence electrons. The molecule has 0 radical (unpaired) electrons. The van der Waals surface area contributed by atoms with E-state index in [4.69, 9.17) is 16.6 Å². The number of carbonyl (C=O) groups excluding carboxylic acids is 1. The van der Waals surface area contributed by atoms with Crippen molar-refractivity contribution >= 4 is 40.2 Å². The van der Waals surface area contributed by atoms with Crippen molar-refractivity contribution in [1.29, 1.82) is 0 Å². The maximum atomic E-state index is 13.0. The van der Waals surface area contributed by atoms with Crippen molar-refractivity contribution < 1.29 is 9.69 Å². The SMILES string of the molecule is CCCC[NH+](CC)CCCNC(=O)c1cc(Sc2ccc(Cl)cc2)nc2ccccc12. The number of para-hydroxylation sites is 1. The molecular formula is C25H31ClN3OS+. The second-order valence-electron chi connectivity index (χ2n) is 7.65. The summed E-state index contributed by atoms with van der Waals surface area (Å²) in [6, 6.07) is 17.3. The molecule has 0 saturated carbocycles. The molecule has 0 bridgehead atoms. The summed E-state index contributed by atoms with van der Waals surface area (Å²) in [4.78, 5) is 20.4. The van der Waals surface area contributed by atoms with Gasteiger partial charge in [-0.2, -0.15) is 0 Å². The Morgan fingerprint density at radius 3 is 2.55 bits per heavy atom. The Hall–Kier alpha value is -2.08. The van der Waals surface area contributed by atoms with E-state index in [2.05, 4.69) is 19.2 Å². The standard InChI is InChI=1S/C25H30ClN3OS/c1-3-5-16-29(4-2)17-8-15-27-25(30)22-18-24(28-23-10-7-6-9-21(22)23)31-20-13-11-19(26)12-14-20/h6-7,9-14,18H,3-5,8,15-17H2,1-2H3,(H,27,30)/p+1. The quantitative estimate of drug-likeness (QED) is 0.405. The molecular weight excluding hydrogens is 426 g/mol. The number of hydrogen-bond acceptors (Lipinski definition) is 3. The Balaban J connectivity index is 1.69. The third-order valence-corrected chi connectivity index (χ3v) is 6.53. The topological polar surface area (TPSA) is 46.4 Å². The average molecular weight is 457 g/mol. The van der Waals surface area contributed by atoms with E-state index < -0.39 is 0 Å². The molecule has 6 heteroatoms. The van der Waals surface area contributed by atoms with Gasteiger partial charge in [-0.1, -0.05) is 54.9 Å². The second kappa shape index (κ2) is 12.1. The number of halogens is 1. The van der Waals surface area contributed by atoms with Gasteiger partial charge in [-0.25, -0.2) is 4.98 Å². The van der Waals surface area contributed by atoms with Crippen molar-refractivity contribution in [3.05, 3.63) is 65.2 Å². The summed E-state index contributed by atoms with van der Waals surface area (Å²) >= 11 is 7.53. The van der Waals surface area contributed by atoms with Crippen molar-refractivity contribution in [1.82, 2.24) is 10.3 Å². The van der Waals surface area contributed by atoms with E-state index in [9.17, 15) is 4.79 Å². The minimum atomic E-state index is -0.0387. The molecule has 31 heavy (non-hydrogen) atoms. The summed E-state index contributed by atoms with van der Waals surface area (Å²) in [5.74, 6) is -0.0387. The van der Waals surface area contributed by atoms with E-state index >= 15 is 0 Å². The van der Waals surface area contributed by atoms with Gasteiger partial charge in [0.25, 0.3) is 5.91 Å². The second-order valence-corrected chi connectivity index (χ2v) is 9.18. The summed E-state index contributed by atoms with van der Waals surface area (Å²) < 4.78 is 0. The van der Waals surface area contributed by atoms with E-state index in [1.807, 2.05) is 54.6 Å². The summed E-state index contributed by atoms with van der Waals surface area (Å²) in [5, 5.41) is 5.50. The Bertz CT molecular complexity index is 994. The van der Waals surface area contributed by atoms with Gasteiger partial charge in [-0.15, -0.1) is 0 Å². The van der Waals surface area contributed by atoms with Crippen LogP contribution >= 0.6 is 23.4 Å². The van der Waals surface area contributed by atoms with E-state index in [0.717, 1.165) is 40.3 Å². The smallest absolute Gasteiger partial charge is 0.252 e. The van der Waals surface area contributed by atoms with Crippen molar-refractivity contribution in [2.75, 3.05) is 26.2 Å². The number of hydrogen-bond donors (Lipinski definition) is 2. The summed E-state index contributed by atoms with van der Waals surface area (Å²) in [7, 11) is 0. The summed E-state index contributed by atoms with van der Waals surface area (Å²) in [5.41, 5.74) is 1.50. The molecule has 0 aliphatic carbocycles. The van der Waals surface area contributed by atoms with E-state index in [-0.39, 0.29) is 5.91 Å². The molecule has 0 aliphatic rings. The molecule has 0 fully saturated rings. The fourth-order valence-electron chi connectivity index (χ4n) is 3.56. The summed E-state index contributed by atoms with van der Waals surface area (Å²) in [6.07, 6.45) is 3.46. The number of unbranched alkanes of at least 4 members (excludes halogenated alkanes) is 1. The number of amides is 1. The van der Waals surface area contributed by atoms with Gasteiger partial charge in [0.2, 0.25) is 0 Å². The molecule has 2 N–H and O–H groups in total. The Morgan fingerprint density at radius 2 is 1.81 bits per heavy atom. The minimum Gasteiger partial charge on any atom is -0.352 e. The first-order chi connectivity index (χ1) is 15.1. The summed E-state index contributed by atoms with van der Waals surface area (Å²) in [6.45, 7) is 8.57. The van der Waals surface area contributed by atoms with Crippen LogP contribution in [0.5, 0.6) is 0 Å². The van der Waals surface area contributed by atoms with Gasteiger partial charge in [-0.05, 0) is 49.7 Å². The van der Waals surface area contributed by atoms with Gasteiger partial charge in [0.1, 0.15) is 5.03 Å². The number of pyridine rings is 1. The third-order valence-electron chi connectivity index (χ3n) is 5.35. The van der Waals surface area contributed by atoms with Crippen LogP contribution in [0.15, 0.2) is 64.5 Å². The molecule has 4 nitrogen and oxygen atoms in total. The lowest BCUT2D eigenvalue weighted by Crippen LogP contribution is -3.11. The molecule has 1 atom stereocenters. The van der Waals surface area contributed by atoms with Gasteiger partial charge in [-0.3, -0.25) is 4.79 Å². The Morgan fingerprint density at radius 1 is 1.06 bits per heavy atom. The minimum absolute atomic E-state index is 0.0387. The van der Waals surface area contributed by atoms with Crippen LogP contribution in [0, 0.1) is 0 Å². The molecule has 1 aromatic heterocycles. The van der Waals surface area contributed by atoms with E-state index in [0.29, 0.717) is 17.1 Å². The Kier molecular flexibility index (Phi) is 9.19. The van der Waals surface area contributed by atoms with E-state index in [1.165, 1.54) is 31.1 Å². The zero-order valence-corrected chi connectivity index (χ0v) is 19.9. The number of nitrogens with zero attached hydrogens (tertiary/aromatic N) is 1. The molecule has 2 aromatic carbocycles. The molecule has 1 amide bonds. The molecule has 3 aromatic rings. The van der Waals surface area contributed by atoms with Crippen LogP contribution in [0.2, 0.25) is 5.02 Å². The maximum absolute atomic E-state index is 13.0. The molecule has 1 unspecified atom stereocenters. The van der Waals surface area contributed by atoms with Gasteiger partial charge in [0, 0.05) is 28.3 Å². The number of aromatic nitrogens is 1. The van der Waals surface area contributed by atoms with Crippen LogP contribution in [0.1, 0.15) is 43.5 Å². The maximum Gasteiger partial charge on any atom is 0.252 e. The first-order valence-electron chi connectivity index (χ1n) is 11.1. The lowest BCUT2D eigenvalue weighted by atomic mass is 10.1. The fourth-order valence-corrected chi connectivity index (χ4v) is 4.52. The predicted molar refractivity (Wildman–Crippen MR) is 130 cm³/mol. The van der Waals surface area contributed by atoms with Crippen molar-refractivity contribution in [2.45, 2.75) is 43.0 Å². The highest BCUT2D eigenvalue weighted by Crippen LogP contribution is 2.30. The number of benzene rings is 2. The number of fused-ring (bicyclic) bond motifs is 1. The third kappa shape index (κ3) is 6.96. The molecule has 3 rings (SSSR count).